The Hall–Kier alpha value is -2.33. The quantitative estimate of drug-likeness (QED) is 0.537. The first-order valence-electron chi connectivity index (χ1n) is 6.45. The highest BCUT2D eigenvalue weighted by Crippen LogP contribution is 2.36. The van der Waals surface area contributed by atoms with Crippen LogP contribution >= 0.6 is 15.9 Å². The summed E-state index contributed by atoms with van der Waals surface area (Å²) in [4.78, 5) is 0. The summed E-state index contributed by atoms with van der Waals surface area (Å²) in [5.74, 6) is 1.26. The number of ether oxygens (including phenoxy) is 1. The fourth-order valence-electron chi connectivity index (χ4n) is 2.19. The van der Waals surface area contributed by atoms with Crippen molar-refractivity contribution >= 4 is 32.5 Å². The predicted octanol–water partition coefficient (Wildman–Crippen LogP) is 4.68. The van der Waals surface area contributed by atoms with Gasteiger partial charge in [0.25, 0.3) is 0 Å². The highest BCUT2D eigenvalue weighted by molar-refractivity contribution is 9.10. The molecule has 3 aromatic carbocycles. The van der Waals surface area contributed by atoms with Gasteiger partial charge in [-0.3, -0.25) is 5.41 Å². The largest absolute Gasteiger partial charge is 0.455 e. The van der Waals surface area contributed by atoms with E-state index < -0.39 is 0 Å². The van der Waals surface area contributed by atoms with Crippen LogP contribution in [0.1, 0.15) is 5.56 Å². The van der Waals surface area contributed by atoms with Crippen molar-refractivity contribution in [1.82, 2.24) is 0 Å². The number of para-hydroxylation sites is 1. The predicted molar refractivity (Wildman–Crippen MR) is 89.2 cm³/mol. The highest BCUT2D eigenvalue weighted by Gasteiger charge is 2.10. The minimum Gasteiger partial charge on any atom is -0.455 e. The molecular weight excluding hydrogens is 328 g/mol. The van der Waals surface area contributed by atoms with Crippen molar-refractivity contribution in [2.24, 2.45) is 5.73 Å². The lowest BCUT2D eigenvalue weighted by Gasteiger charge is -2.12. The van der Waals surface area contributed by atoms with Crippen molar-refractivity contribution in [2.75, 3.05) is 0 Å². The average molecular weight is 341 g/mol. The summed E-state index contributed by atoms with van der Waals surface area (Å²) in [6, 6.07) is 19.2. The molecule has 0 saturated carbocycles. The number of halogens is 1. The molecule has 0 fully saturated rings. The molecule has 0 unspecified atom stereocenters. The standard InChI is InChI=1S/C17H13BrN2O/c18-16-12-6-2-1-5-11(12)9-10-15(16)21-14-8-4-3-7-13(14)17(19)20/h1-10H,(H3,19,20). The fourth-order valence-corrected chi connectivity index (χ4v) is 2.76. The number of nitrogens with one attached hydrogen (secondary N) is 1. The number of hydrogen-bond donors (Lipinski definition) is 2. The SMILES string of the molecule is N=C(N)c1ccccc1Oc1ccc2ccccc2c1Br. The maximum Gasteiger partial charge on any atom is 0.142 e. The van der Waals surface area contributed by atoms with Gasteiger partial charge in [0.1, 0.15) is 17.3 Å². The minimum absolute atomic E-state index is 0.0116. The Morgan fingerprint density at radius 2 is 1.62 bits per heavy atom. The molecule has 0 bridgehead atoms. The van der Waals surface area contributed by atoms with Gasteiger partial charge in [-0.25, -0.2) is 0 Å². The van der Waals surface area contributed by atoms with Crippen molar-refractivity contribution in [3.05, 3.63) is 70.7 Å². The summed E-state index contributed by atoms with van der Waals surface area (Å²) < 4.78 is 6.83. The summed E-state index contributed by atoms with van der Waals surface area (Å²) in [6.07, 6.45) is 0. The molecule has 0 aromatic heterocycles. The Bertz CT molecular complexity index is 830. The smallest absolute Gasteiger partial charge is 0.142 e. The van der Waals surface area contributed by atoms with E-state index in [1.807, 2.05) is 48.5 Å². The van der Waals surface area contributed by atoms with Gasteiger partial charge in [0.15, 0.2) is 0 Å². The fraction of sp³-hybridized carbons (Fsp3) is 0. The molecule has 0 aliphatic carbocycles. The molecule has 0 atom stereocenters. The molecule has 0 heterocycles. The van der Waals surface area contributed by atoms with Gasteiger partial charge in [-0.05, 0) is 44.9 Å². The molecule has 0 amide bonds. The van der Waals surface area contributed by atoms with Crippen LogP contribution in [0.5, 0.6) is 11.5 Å². The molecule has 3 rings (SSSR count). The second kappa shape index (κ2) is 5.58. The van der Waals surface area contributed by atoms with Gasteiger partial charge in [-0.1, -0.05) is 42.5 Å². The van der Waals surface area contributed by atoms with Crippen LogP contribution in [0.15, 0.2) is 65.1 Å². The number of nitrogen functional groups attached to an aromatic ring is 1. The van der Waals surface area contributed by atoms with Gasteiger partial charge in [0, 0.05) is 0 Å². The first-order chi connectivity index (χ1) is 10.2. The summed E-state index contributed by atoms with van der Waals surface area (Å²) in [7, 11) is 0. The zero-order valence-corrected chi connectivity index (χ0v) is 12.7. The Kier molecular flexibility index (Phi) is 3.62. The van der Waals surface area contributed by atoms with E-state index in [1.54, 1.807) is 12.1 Å². The number of rotatable bonds is 3. The van der Waals surface area contributed by atoms with Gasteiger partial charge in [0.05, 0.1) is 10.0 Å². The van der Waals surface area contributed by atoms with Crippen LogP contribution in [0.3, 0.4) is 0 Å². The first kappa shape index (κ1) is 13.6. The number of amidine groups is 1. The molecule has 0 aliphatic rings. The maximum atomic E-state index is 7.61. The second-order valence-electron chi connectivity index (χ2n) is 4.61. The highest BCUT2D eigenvalue weighted by atomic mass is 79.9. The van der Waals surface area contributed by atoms with Crippen LogP contribution in [-0.4, -0.2) is 5.84 Å². The van der Waals surface area contributed by atoms with Crippen LogP contribution in [0, 0.1) is 5.41 Å². The van der Waals surface area contributed by atoms with Gasteiger partial charge >= 0.3 is 0 Å². The van der Waals surface area contributed by atoms with Crippen LogP contribution in [0.25, 0.3) is 10.8 Å². The minimum atomic E-state index is -0.0116. The van der Waals surface area contributed by atoms with Crippen molar-refractivity contribution < 1.29 is 4.74 Å². The molecule has 3 aromatic rings. The van der Waals surface area contributed by atoms with E-state index in [0.717, 1.165) is 15.2 Å². The van der Waals surface area contributed by atoms with E-state index in [-0.39, 0.29) is 5.84 Å². The Balaban J connectivity index is 2.07. The monoisotopic (exact) mass is 340 g/mol. The van der Waals surface area contributed by atoms with Gasteiger partial charge in [-0.15, -0.1) is 0 Å². The van der Waals surface area contributed by atoms with E-state index in [0.29, 0.717) is 17.1 Å². The Morgan fingerprint density at radius 1 is 0.905 bits per heavy atom. The van der Waals surface area contributed by atoms with E-state index in [1.165, 1.54) is 0 Å². The van der Waals surface area contributed by atoms with Crippen molar-refractivity contribution in [3.63, 3.8) is 0 Å². The lowest BCUT2D eigenvalue weighted by Crippen LogP contribution is -2.12. The molecular formula is C17H13BrN2O. The van der Waals surface area contributed by atoms with E-state index in [9.17, 15) is 0 Å². The zero-order valence-electron chi connectivity index (χ0n) is 11.1. The third kappa shape index (κ3) is 2.62. The third-order valence-electron chi connectivity index (χ3n) is 3.23. The lowest BCUT2D eigenvalue weighted by molar-refractivity contribution is 0.479. The maximum absolute atomic E-state index is 7.61. The van der Waals surface area contributed by atoms with E-state index >= 15 is 0 Å². The molecule has 0 spiro atoms. The average Bonchev–Trinajstić information content (AvgIpc) is 2.51. The molecule has 0 saturated heterocycles. The van der Waals surface area contributed by atoms with Crippen LogP contribution in [0.4, 0.5) is 0 Å². The van der Waals surface area contributed by atoms with Gasteiger partial charge in [-0.2, -0.15) is 0 Å². The van der Waals surface area contributed by atoms with Crippen molar-refractivity contribution in [2.45, 2.75) is 0 Å². The van der Waals surface area contributed by atoms with Crippen molar-refractivity contribution in [1.29, 1.82) is 5.41 Å². The van der Waals surface area contributed by atoms with E-state index in [2.05, 4.69) is 15.9 Å². The van der Waals surface area contributed by atoms with Gasteiger partial charge < -0.3 is 10.5 Å². The Morgan fingerprint density at radius 3 is 2.43 bits per heavy atom. The summed E-state index contributed by atoms with van der Waals surface area (Å²) >= 11 is 3.59. The summed E-state index contributed by atoms with van der Waals surface area (Å²) in [5, 5.41) is 9.83. The lowest BCUT2D eigenvalue weighted by atomic mass is 10.1. The number of hydrogen-bond acceptors (Lipinski definition) is 2. The normalized spacial score (nSPS) is 10.5. The van der Waals surface area contributed by atoms with Crippen molar-refractivity contribution in [3.8, 4) is 11.5 Å². The van der Waals surface area contributed by atoms with Crippen LogP contribution in [-0.2, 0) is 0 Å². The molecule has 4 heteroatoms. The Labute approximate surface area is 131 Å². The number of nitrogens with two attached hydrogens (primary N) is 1. The molecule has 104 valence electrons. The number of fused-ring (bicyclic) bond motifs is 1. The van der Waals surface area contributed by atoms with Crippen LogP contribution in [0.2, 0.25) is 0 Å². The molecule has 3 N–H and O–H groups in total. The number of benzene rings is 3. The van der Waals surface area contributed by atoms with Gasteiger partial charge in [0.2, 0.25) is 0 Å². The molecule has 21 heavy (non-hydrogen) atoms. The zero-order chi connectivity index (χ0) is 14.8. The molecule has 0 aliphatic heterocycles. The van der Waals surface area contributed by atoms with E-state index in [4.69, 9.17) is 15.9 Å². The summed E-state index contributed by atoms with van der Waals surface area (Å²) in [5.41, 5.74) is 6.17. The molecule has 3 nitrogen and oxygen atoms in total. The topological polar surface area (TPSA) is 59.1 Å². The van der Waals surface area contributed by atoms with Crippen LogP contribution < -0.4 is 10.5 Å². The first-order valence-corrected chi connectivity index (χ1v) is 7.24. The molecule has 0 radical (unpaired) electrons. The second-order valence-corrected chi connectivity index (χ2v) is 5.40. The summed E-state index contributed by atoms with van der Waals surface area (Å²) in [6.45, 7) is 0. The third-order valence-corrected chi connectivity index (χ3v) is 4.04.